The van der Waals surface area contributed by atoms with Gasteiger partial charge in [0.05, 0.1) is 4.90 Å². The average molecular weight is 273 g/mol. The van der Waals surface area contributed by atoms with Crippen LogP contribution in [0.3, 0.4) is 0 Å². The SMILES string of the molecule is CCN(c1ccccc1)S(=O)c1cc(C)ccc1C. The quantitative estimate of drug-likeness (QED) is 0.828. The lowest BCUT2D eigenvalue weighted by Crippen LogP contribution is -2.25. The van der Waals surface area contributed by atoms with Gasteiger partial charge in [0.2, 0.25) is 0 Å². The zero-order valence-corrected chi connectivity index (χ0v) is 12.4. The molecule has 0 aliphatic heterocycles. The molecule has 0 spiro atoms. The summed E-state index contributed by atoms with van der Waals surface area (Å²) in [5.41, 5.74) is 3.20. The van der Waals surface area contributed by atoms with Gasteiger partial charge in [-0.15, -0.1) is 0 Å². The topological polar surface area (TPSA) is 20.3 Å². The first kappa shape index (κ1) is 13.8. The predicted octanol–water partition coefficient (Wildman–Crippen LogP) is 3.85. The molecule has 19 heavy (non-hydrogen) atoms. The van der Waals surface area contributed by atoms with Crippen molar-refractivity contribution < 1.29 is 4.21 Å². The summed E-state index contributed by atoms with van der Waals surface area (Å²) in [5.74, 6) is 0. The van der Waals surface area contributed by atoms with Crippen LogP contribution in [0.4, 0.5) is 5.69 Å². The summed E-state index contributed by atoms with van der Waals surface area (Å²) < 4.78 is 14.7. The maximum atomic E-state index is 12.8. The summed E-state index contributed by atoms with van der Waals surface area (Å²) in [6.45, 7) is 6.77. The maximum Gasteiger partial charge on any atom is 0.153 e. The molecule has 2 aromatic carbocycles. The normalized spacial score (nSPS) is 12.2. The molecule has 0 bridgehead atoms. The molecule has 0 fully saturated rings. The first-order valence-electron chi connectivity index (χ1n) is 6.45. The molecule has 0 N–H and O–H groups in total. The highest BCUT2D eigenvalue weighted by Gasteiger charge is 2.16. The molecule has 2 aromatic rings. The molecule has 0 aliphatic carbocycles. The molecular weight excluding hydrogens is 254 g/mol. The third-order valence-electron chi connectivity index (χ3n) is 3.06. The molecule has 1 atom stereocenters. The molecule has 0 amide bonds. The summed E-state index contributed by atoms with van der Waals surface area (Å²) in [6.07, 6.45) is 0. The molecule has 2 nitrogen and oxygen atoms in total. The van der Waals surface area contributed by atoms with Crippen molar-refractivity contribution in [1.29, 1.82) is 0 Å². The fourth-order valence-corrected chi connectivity index (χ4v) is 3.42. The molecule has 0 aliphatic rings. The van der Waals surface area contributed by atoms with Crippen molar-refractivity contribution in [2.75, 3.05) is 10.8 Å². The molecule has 0 saturated heterocycles. The molecule has 0 heterocycles. The minimum Gasteiger partial charge on any atom is -0.288 e. The van der Waals surface area contributed by atoms with Crippen LogP contribution in [0.5, 0.6) is 0 Å². The van der Waals surface area contributed by atoms with Gasteiger partial charge >= 0.3 is 0 Å². The van der Waals surface area contributed by atoms with Crippen molar-refractivity contribution in [1.82, 2.24) is 0 Å². The van der Waals surface area contributed by atoms with Gasteiger partial charge in [0, 0.05) is 12.2 Å². The average Bonchev–Trinajstić information content (AvgIpc) is 2.43. The van der Waals surface area contributed by atoms with Gasteiger partial charge < -0.3 is 0 Å². The number of rotatable bonds is 4. The Labute approximate surface area is 117 Å². The van der Waals surface area contributed by atoms with Gasteiger partial charge in [-0.05, 0) is 50.1 Å². The van der Waals surface area contributed by atoms with E-state index in [9.17, 15) is 4.21 Å². The van der Waals surface area contributed by atoms with Crippen LogP contribution in [0.2, 0.25) is 0 Å². The van der Waals surface area contributed by atoms with Crippen LogP contribution < -0.4 is 4.31 Å². The highest BCUT2D eigenvalue weighted by Crippen LogP contribution is 2.22. The molecule has 0 saturated carbocycles. The van der Waals surface area contributed by atoms with Crippen molar-refractivity contribution >= 4 is 16.7 Å². The minimum atomic E-state index is -1.16. The lowest BCUT2D eigenvalue weighted by molar-refractivity contribution is 0.679. The Hall–Kier alpha value is -1.61. The summed E-state index contributed by atoms with van der Waals surface area (Å²) in [4.78, 5) is 0.894. The lowest BCUT2D eigenvalue weighted by Gasteiger charge is -2.22. The van der Waals surface area contributed by atoms with E-state index in [0.29, 0.717) is 6.54 Å². The van der Waals surface area contributed by atoms with Crippen LogP contribution >= 0.6 is 0 Å². The number of benzene rings is 2. The molecule has 100 valence electrons. The first-order valence-corrected chi connectivity index (χ1v) is 7.56. The Morgan fingerprint density at radius 2 is 1.74 bits per heavy atom. The predicted molar refractivity (Wildman–Crippen MR) is 81.8 cm³/mol. The van der Waals surface area contributed by atoms with Crippen LogP contribution in [0, 0.1) is 13.8 Å². The molecule has 1 unspecified atom stereocenters. The summed E-state index contributed by atoms with van der Waals surface area (Å²) in [5, 5.41) is 0. The van der Waals surface area contributed by atoms with Crippen LogP contribution in [-0.2, 0) is 11.0 Å². The number of aryl methyl sites for hydroxylation is 2. The highest BCUT2D eigenvalue weighted by atomic mass is 32.2. The first-order chi connectivity index (χ1) is 9.13. The molecule has 0 radical (unpaired) electrons. The van der Waals surface area contributed by atoms with Crippen LogP contribution in [0.25, 0.3) is 0 Å². The summed E-state index contributed by atoms with van der Waals surface area (Å²) in [6, 6.07) is 16.0. The van der Waals surface area contributed by atoms with Crippen molar-refractivity contribution in [3.8, 4) is 0 Å². The second-order valence-corrected chi connectivity index (χ2v) is 5.93. The van der Waals surface area contributed by atoms with Crippen molar-refractivity contribution in [3.05, 3.63) is 59.7 Å². The van der Waals surface area contributed by atoms with E-state index in [4.69, 9.17) is 0 Å². The molecule has 2 rings (SSSR count). The van der Waals surface area contributed by atoms with E-state index in [1.165, 1.54) is 0 Å². The van der Waals surface area contributed by atoms with E-state index < -0.39 is 11.0 Å². The Balaban J connectivity index is 2.39. The second-order valence-electron chi connectivity index (χ2n) is 4.55. The standard InChI is InChI=1S/C16H19NOS/c1-4-17(15-8-6-5-7-9-15)19(18)16-12-13(2)10-11-14(16)3/h5-12H,4H2,1-3H3. The smallest absolute Gasteiger partial charge is 0.153 e. The fourth-order valence-electron chi connectivity index (χ4n) is 2.00. The number of hydrogen-bond donors (Lipinski definition) is 0. The Morgan fingerprint density at radius 1 is 1.05 bits per heavy atom. The van der Waals surface area contributed by atoms with Gasteiger partial charge in [0.1, 0.15) is 0 Å². The second kappa shape index (κ2) is 6.02. The van der Waals surface area contributed by atoms with E-state index in [1.807, 2.05) is 67.5 Å². The van der Waals surface area contributed by atoms with Crippen molar-refractivity contribution in [3.63, 3.8) is 0 Å². The van der Waals surface area contributed by atoms with Crippen LogP contribution in [-0.4, -0.2) is 10.8 Å². The number of para-hydroxylation sites is 1. The molecule has 0 aromatic heterocycles. The van der Waals surface area contributed by atoms with Gasteiger partial charge in [-0.25, -0.2) is 4.21 Å². The van der Waals surface area contributed by atoms with Gasteiger partial charge in [-0.1, -0.05) is 30.3 Å². The van der Waals surface area contributed by atoms with Crippen LogP contribution in [0.1, 0.15) is 18.1 Å². The Bertz CT molecular complexity index is 581. The fraction of sp³-hybridized carbons (Fsp3) is 0.250. The highest BCUT2D eigenvalue weighted by molar-refractivity contribution is 7.86. The van der Waals surface area contributed by atoms with E-state index in [-0.39, 0.29) is 0 Å². The largest absolute Gasteiger partial charge is 0.288 e. The summed E-state index contributed by atoms with van der Waals surface area (Å²) in [7, 11) is -1.16. The van der Waals surface area contributed by atoms with Gasteiger partial charge in [-0.2, -0.15) is 0 Å². The van der Waals surface area contributed by atoms with Crippen molar-refractivity contribution in [2.45, 2.75) is 25.7 Å². The zero-order valence-electron chi connectivity index (χ0n) is 11.6. The number of anilines is 1. The minimum absolute atomic E-state index is 0.712. The molecular formula is C16H19NOS. The van der Waals surface area contributed by atoms with E-state index in [1.54, 1.807) is 0 Å². The Morgan fingerprint density at radius 3 is 2.37 bits per heavy atom. The summed E-state index contributed by atoms with van der Waals surface area (Å²) >= 11 is 0. The number of nitrogens with zero attached hydrogens (tertiary/aromatic N) is 1. The monoisotopic (exact) mass is 273 g/mol. The van der Waals surface area contributed by atoms with Gasteiger partial charge in [0.25, 0.3) is 0 Å². The Kier molecular flexibility index (Phi) is 4.38. The number of hydrogen-bond acceptors (Lipinski definition) is 1. The van der Waals surface area contributed by atoms with Gasteiger partial charge in [-0.3, -0.25) is 4.31 Å². The van der Waals surface area contributed by atoms with Crippen molar-refractivity contribution in [2.24, 2.45) is 0 Å². The maximum absolute atomic E-state index is 12.8. The van der Waals surface area contributed by atoms with Gasteiger partial charge in [0.15, 0.2) is 11.0 Å². The zero-order chi connectivity index (χ0) is 13.8. The third-order valence-corrected chi connectivity index (χ3v) is 4.75. The van der Waals surface area contributed by atoms with E-state index in [0.717, 1.165) is 21.7 Å². The van der Waals surface area contributed by atoms with E-state index in [2.05, 4.69) is 6.07 Å². The van der Waals surface area contributed by atoms with E-state index >= 15 is 0 Å². The molecule has 3 heteroatoms. The van der Waals surface area contributed by atoms with Crippen LogP contribution in [0.15, 0.2) is 53.4 Å². The lowest BCUT2D eigenvalue weighted by atomic mass is 10.2. The third kappa shape index (κ3) is 3.04.